The number of aliphatic hydroxyl groups excluding tert-OH is 1. The molecular formula is C10H20N2O2. The molecule has 0 aromatic rings. The molecule has 1 fully saturated rings. The second kappa shape index (κ2) is 5.32. The van der Waals surface area contributed by atoms with Crippen LogP contribution in [0.15, 0.2) is 0 Å². The van der Waals surface area contributed by atoms with E-state index in [1.54, 1.807) is 6.92 Å². The van der Waals surface area contributed by atoms with Crippen LogP contribution in [0.3, 0.4) is 0 Å². The van der Waals surface area contributed by atoms with Crippen molar-refractivity contribution in [1.29, 1.82) is 0 Å². The number of carbonyl (C=O) groups excluding carboxylic acids is 1. The molecule has 0 spiro atoms. The molecule has 0 radical (unpaired) electrons. The summed E-state index contributed by atoms with van der Waals surface area (Å²) in [7, 11) is 0. The number of primary amides is 1. The summed E-state index contributed by atoms with van der Waals surface area (Å²) in [5, 5.41) is 12.4. The van der Waals surface area contributed by atoms with Crippen molar-refractivity contribution in [3.8, 4) is 0 Å². The summed E-state index contributed by atoms with van der Waals surface area (Å²) < 4.78 is 0. The Morgan fingerprint density at radius 2 is 2.07 bits per heavy atom. The van der Waals surface area contributed by atoms with Gasteiger partial charge in [0.05, 0.1) is 6.10 Å². The highest BCUT2D eigenvalue weighted by Gasteiger charge is 2.24. The molecule has 0 heterocycles. The monoisotopic (exact) mass is 200 g/mol. The molecule has 0 saturated heterocycles. The molecule has 1 atom stereocenters. The molecule has 82 valence electrons. The first-order chi connectivity index (χ1) is 6.59. The van der Waals surface area contributed by atoms with E-state index in [2.05, 4.69) is 5.32 Å². The first-order valence-corrected chi connectivity index (χ1v) is 5.30. The van der Waals surface area contributed by atoms with Crippen molar-refractivity contribution in [3.63, 3.8) is 0 Å². The third-order valence-electron chi connectivity index (χ3n) is 2.83. The Morgan fingerprint density at radius 3 is 2.50 bits per heavy atom. The minimum Gasteiger partial charge on any atom is -0.392 e. The number of rotatable bonds is 4. The number of hydrogen-bond donors (Lipinski definition) is 3. The highest BCUT2D eigenvalue weighted by atomic mass is 16.3. The minimum atomic E-state index is -0.302. The Hall–Kier alpha value is -0.610. The van der Waals surface area contributed by atoms with Crippen LogP contribution < -0.4 is 11.1 Å². The molecule has 1 saturated carbocycles. The zero-order valence-electron chi connectivity index (χ0n) is 8.70. The second-order valence-corrected chi connectivity index (χ2v) is 4.21. The first kappa shape index (κ1) is 11.5. The number of nitrogens with two attached hydrogens (primary N) is 1. The molecule has 0 aromatic carbocycles. The lowest BCUT2D eigenvalue weighted by atomic mass is 9.85. The van der Waals surface area contributed by atoms with Gasteiger partial charge in [-0.3, -0.25) is 4.79 Å². The van der Waals surface area contributed by atoms with Gasteiger partial charge in [-0.1, -0.05) is 0 Å². The molecule has 0 bridgehead atoms. The zero-order chi connectivity index (χ0) is 10.6. The van der Waals surface area contributed by atoms with E-state index in [0.29, 0.717) is 12.6 Å². The molecule has 1 amide bonds. The van der Waals surface area contributed by atoms with Gasteiger partial charge < -0.3 is 16.2 Å². The molecule has 1 unspecified atom stereocenters. The molecule has 0 aromatic heterocycles. The molecule has 1 aliphatic rings. The van der Waals surface area contributed by atoms with Crippen LogP contribution in [0.1, 0.15) is 32.6 Å². The summed E-state index contributed by atoms with van der Waals surface area (Å²) in [5.41, 5.74) is 5.24. The van der Waals surface area contributed by atoms with Gasteiger partial charge in [0.25, 0.3) is 0 Å². The van der Waals surface area contributed by atoms with Crippen molar-refractivity contribution >= 4 is 5.91 Å². The predicted octanol–water partition coefficient (Wildman–Crippen LogP) is 0.000900. The van der Waals surface area contributed by atoms with Crippen LogP contribution in [-0.4, -0.2) is 29.7 Å². The average molecular weight is 200 g/mol. The average Bonchev–Trinajstić information content (AvgIpc) is 2.15. The Kier molecular flexibility index (Phi) is 4.35. The quantitative estimate of drug-likeness (QED) is 0.598. The third-order valence-corrected chi connectivity index (χ3v) is 2.83. The lowest BCUT2D eigenvalue weighted by Crippen LogP contribution is -2.39. The van der Waals surface area contributed by atoms with Crippen LogP contribution in [0.5, 0.6) is 0 Å². The number of nitrogens with one attached hydrogen (secondary N) is 1. The van der Waals surface area contributed by atoms with Crippen molar-refractivity contribution in [2.45, 2.75) is 44.8 Å². The van der Waals surface area contributed by atoms with Gasteiger partial charge in [0, 0.05) is 18.5 Å². The van der Waals surface area contributed by atoms with E-state index in [0.717, 1.165) is 25.7 Å². The SMILES string of the molecule is CC(O)CNC1CCC(C(N)=O)CC1. The van der Waals surface area contributed by atoms with E-state index in [1.165, 1.54) is 0 Å². The fourth-order valence-electron chi connectivity index (χ4n) is 1.92. The van der Waals surface area contributed by atoms with E-state index in [9.17, 15) is 4.79 Å². The highest BCUT2D eigenvalue weighted by Crippen LogP contribution is 2.23. The summed E-state index contributed by atoms with van der Waals surface area (Å²) in [6.07, 6.45) is 3.43. The largest absolute Gasteiger partial charge is 0.392 e. The number of amides is 1. The van der Waals surface area contributed by atoms with Crippen LogP contribution in [0, 0.1) is 5.92 Å². The van der Waals surface area contributed by atoms with Gasteiger partial charge >= 0.3 is 0 Å². The van der Waals surface area contributed by atoms with Crippen molar-refractivity contribution in [2.24, 2.45) is 11.7 Å². The normalized spacial score (nSPS) is 29.9. The number of aliphatic hydroxyl groups is 1. The Morgan fingerprint density at radius 1 is 1.50 bits per heavy atom. The van der Waals surface area contributed by atoms with Crippen LogP contribution in [-0.2, 0) is 4.79 Å². The summed E-state index contributed by atoms with van der Waals surface area (Å²) in [6.45, 7) is 2.40. The Labute approximate surface area is 84.9 Å². The fraction of sp³-hybridized carbons (Fsp3) is 0.900. The van der Waals surface area contributed by atoms with E-state index in [-0.39, 0.29) is 17.9 Å². The van der Waals surface area contributed by atoms with Gasteiger partial charge in [-0.15, -0.1) is 0 Å². The van der Waals surface area contributed by atoms with Gasteiger partial charge in [0.15, 0.2) is 0 Å². The summed E-state index contributed by atoms with van der Waals surface area (Å²) in [6, 6.07) is 0.445. The van der Waals surface area contributed by atoms with Gasteiger partial charge in [0.1, 0.15) is 0 Å². The fourth-order valence-corrected chi connectivity index (χ4v) is 1.92. The lowest BCUT2D eigenvalue weighted by Gasteiger charge is -2.27. The van der Waals surface area contributed by atoms with E-state index < -0.39 is 0 Å². The molecule has 0 aliphatic heterocycles. The lowest BCUT2D eigenvalue weighted by molar-refractivity contribution is -0.122. The van der Waals surface area contributed by atoms with Gasteiger partial charge in [-0.25, -0.2) is 0 Å². The van der Waals surface area contributed by atoms with Gasteiger partial charge in [-0.2, -0.15) is 0 Å². The second-order valence-electron chi connectivity index (χ2n) is 4.21. The smallest absolute Gasteiger partial charge is 0.220 e. The molecule has 4 heteroatoms. The molecule has 1 rings (SSSR count). The maximum atomic E-state index is 10.9. The van der Waals surface area contributed by atoms with E-state index in [4.69, 9.17) is 10.8 Å². The Bertz CT molecular complexity index is 187. The van der Waals surface area contributed by atoms with Crippen LogP contribution in [0.4, 0.5) is 0 Å². The molecule has 1 aliphatic carbocycles. The van der Waals surface area contributed by atoms with Crippen LogP contribution in [0.2, 0.25) is 0 Å². The standard InChI is InChI=1S/C10H20N2O2/c1-7(13)6-12-9-4-2-8(3-5-9)10(11)14/h7-9,12-13H,2-6H2,1H3,(H2,11,14). The molecule has 4 N–H and O–H groups in total. The summed E-state index contributed by atoms with van der Waals surface area (Å²) in [5.74, 6) is -0.0985. The predicted molar refractivity (Wildman–Crippen MR) is 54.6 cm³/mol. The number of hydrogen-bond acceptors (Lipinski definition) is 3. The zero-order valence-corrected chi connectivity index (χ0v) is 8.70. The van der Waals surface area contributed by atoms with E-state index in [1.807, 2.05) is 0 Å². The molecular weight excluding hydrogens is 180 g/mol. The van der Waals surface area contributed by atoms with E-state index >= 15 is 0 Å². The number of carbonyl (C=O) groups is 1. The summed E-state index contributed by atoms with van der Waals surface area (Å²) >= 11 is 0. The maximum absolute atomic E-state index is 10.9. The Balaban J connectivity index is 2.19. The molecule has 14 heavy (non-hydrogen) atoms. The van der Waals surface area contributed by atoms with Gasteiger partial charge in [0.2, 0.25) is 5.91 Å². The highest BCUT2D eigenvalue weighted by molar-refractivity contribution is 5.76. The van der Waals surface area contributed by atoms with Crippen molar-refractivity contribution in [1.82, 2.24) is 5.32 Å². The maximum Gasteiger partial charge on any atom is 0.220 e. The minimum absolute atomic E-state index is 0.0691. The van der Waals surface area contributed by atoms with Crippen molar-refractivity contribution in [3.05, 3.63) is 0 Å². The summed E-state index contributed by atoms with van der Waals surface area (Å²) in [4.78, 5) is 10.9. The third kappa shape index (κ3) is 3.64. The van der Waals surface area contributed by atoms with Crippen LogP contribution in [0.25, 0.3) is 0 Å². The van der Waals surface area contributed by atoms with Gasteiger partial charge in [-0.05, 0) is 32.6 Å². The first-order valence-electron chi connectivity index (χ1n) is 5.30. The molecule has 4 nitrogen and oxygen atoms in total. The van der Waals surface area contributed by atoms with Crippen molar-refractivity contribution in [2.75, 3.05) is 6.54 Å². The van der Waals surface area contributed by atoms with Crippen LogP contribution >= 0.6 is 0 Å². The van der Waals surface area contributed by atoms with Crippen molar-refractivity contribution < 1.29 is 9.90 Å². The topological polar surface area (TPSA) is 75.3 Å².